The highest BCUT2D eigenvalue weighted by molar-refractivity contribution is 6.32. The Morgan fingerprint density at radius 1 is 1.58 bits per heavy atom. The van der Waals surface area contributed by atoms with Gasteiger partial charge in [0.1, 0.15) is 5.75 Å². The summed E-state index contributed by atoms with van der Waals surface area (Å²) in [6.45, 7) is 3.02. The molecule has 1 saturated heterocycles. The van der Waals surface area contributed by atoms with E-state index in [2.05, 4.69) is 5.32 Å². The van der Waals surface area contributed by atoms with Crippen molar-refractivity contribution in [2.24, 2.45) is 0 Å². The van der Waals surface area contributed by atoms with Crippen LogP contribution in [0, 0.1) is 0 Å². The van der Waals surface area contributed by atoms with Gasteiger partial charge in [0.05, 0.1) is 11.1 Å². The molecule has 0 bridgehead atoms. The van der Waals surface area contributed by atoms with Crippen molar-refractivity contribution in [2.45, 2.75) is 32.0 Å². The summed E-state index contributed by atoms with van der Waals surface area (Å²) in [5, 5.41) is 3.33. The van der Waals surface area contributed by atoms with Gasteiger partial charge in [-0.3, -0.25) is 4.79 Å². The average molecular weight is 284 g/mol. The van der Waals surface area contributed by atoms with E-state index in [1.807, 2.05) is 12.1 Å². The van der Waals surface area contributed by atoms with Crippen molar-refractivity contribution in [3.8, 4) is 5.75 Å². The predicted molar refractivity (Wildman–Crippen MR) is 73.5 cm³/mol. The zero-order chi connectivity index (χ0) is 13.7. The predicted octanol–water partition coefficient (Wildman–Crippen LogP) is 2.40. The zero-order valence-corrected chi connectivity index (χ0v) is 11.7. The van der Waals surface area contributed by atoms with Crippen molar-refractivity contribution in [3.05, 3.63) is 29.3 Å². The Morgan fingerprint density at radius 2 is 2.37 bits per heavy atom. The van der Waals surface area contributed by atoms with Crippen molar-refractivity contribution in [3.63, 3.8) is 0 Å². The van der Waals surface area contributed by atoms with Gasteiger partial charge in [0.2, 0.25) is 0 Å². The van der Waals surface area contributed by atoms with Crippen LogP contribution < -0.4 is 10.1 Å². The van der Waals surface area contributed by atoms with Gasteiger partial charge in [-0.15, -0.1) is 0 Å². The monoisotopic (exact) mass is 283 g/mol. The van der Waals surface area contributed by atoms with Gasteiger partial charge in [0.25, 0.3) is 5.91 Å². The highest BCUT2D eigenvalue weighted by Gasteiger charge is 2.20. The summed E-state index contributed by atoms with van der Waals surface area (Å²) in [5.41, 5.74) is 0. The third kappa shape index (κ3) is 4.11. The van der Waals surface area contributed by atoms with Crippen LogP contribution in [0.4, 0.5) is 0 Å². The number of halogens is 1. The molecular weight excluding hydrogens is 266 g/mol. The van der Waals surface area contributed by atoms with Crippen LogP contribution in [-0.4, -0.2) is 31.3 Å². The number of hydrogen-bond donors (Lipinski definition) is 1. The number of rotatable bonds is 5. The minimum atomic E-state index is -0.582. The van der Waals surface area contributed by atoms with Crippen LogP contribution in [0.2, 0.25) is 5.02 Å². The number of nitrogens with one attached hydrogen (secondary N) is 1. The van der Waals surface area contributed by atoms with Crippen LogP contribution in [0.15, 0.2) is 24.3 Å². The van der Waals surface area contributed by atoms with E-state index in [-0.39, 0.29) is 12.0 Å². The van der Waals surface area contributed by atoms with Gasteiger partial charge in [-0.05, 0) is 31.9 Å². The first-order valence-electron chi connectivity index (χ1n) is 6.47. The van der Waals surface area contributed by atoms with E-state index >= 15 is 0 Å². The standard InChI is InChI=1S/C14H18ClNO3/c1-10(19-13-7-3-2-6-12(13)15)14(17)16-9-11-5-4-8-18-11/h2-3,6-7,10-11H,4-5,8-9H2,1H3,(H,16,17)/t10-,11-/m0/s1. The Balaban J connectivity index is 1.80. The topological polar surface area (TPSA) is 47.6 Å². The highest BCUT2D eigenvalue weighted by atomic mass is 35.5. The van der Waals surface area contributed by atoms with E-state index in [1.54, 1.807) is 19.1 Å². The molecule has 0 saturated carbocycles. The summed E-state index contributed by atoms with van der Waals surface area (Å²) in [7, 11) is 0. The van der Waals surface area contributed by atoms with Crippen molar-refractivity contribution >= 4 is 17.5 Å². The molecule has 1 aromatic carbocycles. The van der Waals surface area contributed by atoms with Crippen molar-refractivity contribution < 1.29 is 14.3 Å². The Morgan fingerprint density at radius 3 is 3.05 bits per heavy atom. The average Bonchev–Trinajstić information content (AvgIpc) is 2.91. The lowest BCUT2D eigenvalue weighted by Gasteiger charge is -2.17. The molecule has 4 nitrogen and oxygen atoms in total. The Kier molecular flexibility index (Phi) is 5.05. The van der Waals surface area contributed by atoms with E-state index < -0.39 is 6.10 Å². The van der Waals surface area contributed by atoms with E-state index in [4.69, 9.17) is 21.1 Å². The Labute approximate surface area is 118 Å². The van der Waals surface area contributed by atoms with E-state index in [0.717, 1.165) is 19.4 Å². The second-order valence-electron chi connectivity index (χ2n) is 4.57. The first-order chi connectivity index (χ1) is 9.16. The summed E-state index contributed by atoms with van der Waals surface area (Å²) >= 11 is 5.98. The third-order valence-electron chi connectivity index (χ3n) is 3.04. The lowest BCUT2D eigenvalue weighted by atomic mass is 10.2. The molecule has 2 atom stereocenters. The maximum atomic E-state index is 11.9. The van der Waals surface area contributed by atoms with Gasteiger partial charge in [0.15, 0.2) is 6.10 Å². The van der Waals surface area contributed by atoms with Crippen LogP contribution in [0.3, 0.4) is 0 Å². The fraction of sp³-hybridized carbons (Fsp3) is 0.500. The second kappa shape index (κ2) is 6.78. The Hall–Kier alpha value is -1.26. The van der Waals surface area contributed by atoms with Gasteiger partial charge in [-0.1, -0.05) is 23.7 Å². The van der Waals surface area contributed by atoms with Crippen molar-refractivity contribution in [1.82, 2.24) is 5.32 Å². The van der Waals surface area contributed by atoms with Gasteiger partial charge < -0.3 is 14.8 Å². The summed E-state index contributed by atoms with van der Waals surface area (Å²) in [4.78, 5) is 11.9. The minimum Gasteiger partial charge on any atom is -0.479 e. The largest absolute Gasteiger partial charge is 0.479 e. The van der Waals surface area contributed by atoms with Crippen LogP contribution in [0.1, 0.15) is 19.8 Å². The van der Waals surface area contributed by atoms with Crippen LogP contribution in [-0.2, 0) is 9.53 Å². The maximum Gasteiger partial charge on any atom is 0.260 e. The molecule has 1 fully saturated rings. The number of hydrogen-bond acceptors (Lipinski definition) is 3. The van der Waals surface area contributed by atoms with Gasteiger partial charge in [0, 0.05) is 13.2 Å². The molecule has 1 amide bonds. The number of ether oxygens (including phenoxy) is 2. The lowest BCUT2D eigenvalue weighted by Crippen LogP contribution is -2.40. The molecule has 0 unspecified atom stereocenters. The molecule has 1 aromatic rings. The fourth-order valence-corrected chi connectivity index (χ4v) is 2.13. The van der Waals surface area contributed by atoms with E-state index in [9.17, 15) is 4.79 Å². The number of para-hydroxylation sites is 1. The summed E-state index contributed by atoms with van der Waals surface area (Å²) < 4.78 is 11.0. The van der Waals surface area contributed by atoms with Gasteiger partial charge >= 0.3 is 0 Å². The maximum absolute atomic E-state index is 11.9. The third-order valence-corrected chi connectivity index (χ3v) is 3.35. The van der Waals surface area contributed by atoms with E-state index in [0.29, 0.717) is 17.3 Å². The molecule has 0 spiro atoms. The smallest absolute Gasteiger partial charge is 0.260 e. The van der Waals surface area contributed by atoms with Crippen molar-refractivity contribution in [2.75, 3.05) is 13.2 Å². The molecule has 0 radical (unpaired) electrons. The molecule has 104 valence electrons. The van der Waals surface area contributed by atoms with Crippen molar-refractivity contribution in [1.29, 1.82) is 0 Å². The summed E-state index contributed by atoms with van der Waals surface area (Å²) in [6, 6.07) is 7.11. The van der Waals surface area contributed by atoms with Crippen LogP contribution >= 0.6 is 11.6 Å². The van der Waals surface area contributed by atoms with Gasteiger partial charge in [-0.25, -0.2) is 0 Å². The van der Waals surface area contributed by atoms with Gasteiger partial charge in [-0.2, -0.15) is 0 Å². The SMILES string of the molecule is C[C@H](Oc1ccccc1Cl)C(=O)NC[C@@H]1CCCO1. The molecule has 0 aromatic heterocycles. The molecular formula is C14H18ClNO3. The number of amides is 1. The lowest BCUT2D eigenvalue weighted by molar-refractivity contribution is -0.127. The molecule has 1 heterocycles. The molecule has 19 heavy (non-hydrogen) atoms. The first kappa shape index (κ1) is 14.2. The number of benzene rings is 1. The second-order valence-corrected chi connectivity index (χ2v) is 4.98. The zero-order valence-electron chi connectivity index (χ0n) is 10.9. The molecule has 0 aliphatic carbocycles. The van der Waals surface area contributed by atoms with E-state index in [1.165, 1.54) is 0 Å². The van der Waals surface area contributed by atoms with Crippen LogP contribution in [0.5, 0.6) is 5.75 Å². The minimum absolute atomic E-state index is 0.136. The van der Waals surface area contributed by atoms with Crippen LogP contribution in [0.25, 0.3) is 0 Å². The Bertz CT molecular complexity index is 432. The molecule has 1 aliphatic rings. The summed E-state index contributed by atoms with van der Waals surface area (Å²) in [6.07, 6.45) is 1.62. The number of carbonyl (C=O) groups excluding carboxylic acids is 1. The number of carbonyl (C=O) groups is 1. The quantitative estimate of drug-likeness (QED) is 0.903. The normalized spacial score (nSPS) is 20.0. The molecule has 5 heteroatoms. The fourth-order valence-electron chi connectivity index (χ4n) is 1.95. The summed E-state index contributed by atoms with van der Waals surface area (Å²) in [5.74, 6) is 0.361. The molecule has 1 N–H and O–H groups in total. The first-order valence-corrected chi connectivity index (χ1v) is 6.85. The molecule has 1 aliphatic heterocycles. The molecule has 2 rings (SSSR count). The highest BCUT2D eigenvalue weighted by Crippen LogP contribution is 2.24.